The number of benzene rings is 1. The van der Waals surface area contributed by atoms with Crippen molar-refractivity contribution in [1.82, 2.24) is 0 Å². The second-order valence-electron chi connectivity index (χ2n) is 2.31. The summed E-state index contributed by atoms with van der Waals surface area (Å²) in [5, 5.41) is 15.2. The fourth-order valence-corrected chi connectivity index (χ4v) is 1.52. The van der Waals surface area contributed by atoms with Gasteiger partial charge in [-0.15, -0.1) is 5.11 Å². The van der Waals surface area contributed by atoms with Gasteiger partial charge in [-0.2, -0.15) is 8.42 Å². The normalized spacial score (nSPS) is 12.1. The molecule has 0 saturated heterocycles. The Balaban J connectivity index is 3.52. The highest BCUT2D eigenvalue weighted by atomic mass is 32.2. The van der Waals surface area contributed by atoms with Crippen LogP contribution in [0, 0.1) is 0 Å². The summed E-state index contributed by atoms with van der Waals surface area (Å²) in [4.78, 5) is -0.549. The number of phenols is 1. The zero-order valence-electron chi connectivity index (χ0n) is 6.82. The van der Waals surface area contributed by atoms with Crippen LogP contribution in [0.2, 0.25) is 0 Å². The van der Waals surface area contributed by atoms with Crippen LogP contribution in [0.5, 0.6) is 5.75 Å². The highest BCUT2D eigenvalue weighted by molar-refractivity contribution is 7.86. The van der Waals surface area contributed by atoms with Crippen LogP contribution in [-0.2, 0) is 10.1 Å². The van der Waals surface area contributed by atoms with Crippen molar-refractivity contribution >= 4 is 15.8 Å². The number of rotatable bonds is 2. The molecule has 0 aliphatic carbocycles. The van der Waals surface area contributed by atoms with Gasteiger partial charge in [-0.1, -0.05) is 11.3 Å². The molecule has 0 bridgehead atoms. The molecule has 0 radical (unpaired) electrons. The third kappa shape index (κ3) is 1.98. The van der Waals surface area contributed by atoms with E-state index >= 15 is 0 Å². The maximum atomic E-state index is 10.8. The minimum Gasteiger partial charge on any atom is -0.506 e. The second kappa shape index (κ2) is 3.60. The quantitative estimate of drug-likeness (QED) is 0.289. The molecule has 0 aliphatic rings. The van der Waals surface area contributed by atoms with Crippen molar-refractivity contribution in [3.05, 3.63) is 18.2 Å². The van der Waals surface area contributed by atoms with Crippen LogP contribution in [0.1, 0.15) is 0 Å². The third-order valence-corrected chi connectivity index (χ3v) is 2.30. The van der Waals surface area contributed by atoms with Gasteiger partial charge in [0.2, 0.25) is 0 Å². The van der Waals surface area contributed by atoms with Gasteiger partial charge in [0.15, 0.2) is 5.69 Å². The molecule has 8 heteroatoms. The van der Waals surface area contributed by atoms with E-state index in [-0.39, 0.29) is 0 Å². The zero-order chi connectivity index (χ0) is 10.8. The number of hydrogen-bond acceptors (Lipinski definition) is 5. The lowest BCUT2D eigenvalue weighted by Gasteiger charge is -2.02. The first kappa shape index (κ1) is 10.4. The fourth-order valence-electron chi connectivity index (χ4n) is 0.877. The number of aromatic hydroxyl groups is 1. The van der Waals surface area contributed by atoms with Gasteiger partial charge in [-0.25, -0.2) is 0 Å². The smallest absolute Gasteiger partial charge is 0.296 e. The molecule has 0 amide bonds. The Morgan fingerprint density at radius 1 is 1.36 bits per heavy atom. The summed E-state index contributed by atoms with van der Waals surface area (Å²) in [5.41, 5.74) is -0.391. The van der Waals surface area contributed by atoms with E-state index in [2.05, 4.69) is 10.3 Å². The maximum absolute atomic E-state index is 10.8. The van der Waals surface area contributed by atoms with Crippen LogP contribution in [0.3, 0.4) is 0 Å². The van der Waals surface area contributed by atoms with E-state index in [9.17, 15) is 13.5 Å². The Bertz CT molecular complexity index is 468. The van der Waals surface area contributed by atoms with Crippen LogP contribution in [0.25, 0.3) is 0 Å². The van der Waals surface area contributed by atoms with Gasteiger partial charge in [-0.3, -0.25) is 4.55 Å². The van der Waals surface area contributed by atoms with Crippen LogP contribution < -0.4 is 5.84 Å². The molecular weight excluding hydrogens is 210 g/mol. The van der Waals surface area contributed by atoms with E-state index in [1.54, 1.807) is 0 Å². The molecule has 0 aliphatic heterocycles. The van der Waals surface area contributed by atoms with Crippen molar-refractivity contribution in [2.75, 3.05) is 0 Å². The first-order chi connectivity index (χ1) is 6.46. The van der Waals surface area contributed by atoms with Gasteiger partial charge < -0.3 is 10.9 Å². The van der Waals surface area contributed by atoms with E-state index in [4.69, 9.17) is 10.4 Å². The summed E-state index contributed by atoms with van der Waals surface area (Å²) in [6, 6.07) is 3.51. The first-order valence-electron chi connectivity index (χ1n) is 3.37. The molecule has 7 nitrogen and oxygen atoms in total. The Morgan fingerprint density at radius 2 is 2.00 bits per heavy atom. The number of nitrogens with zero attached hydrogens (tertiary/aromatic N) is 2. The predicted octanol–water partition coefficient (Wildman–Crippen LogP) is 0.596. The van der Waals surface area contributed by atoms with Crippen LogP contribution in [0.4, 0.5) is 5.69 Å². The van der Waals surface area contributed by atoms with Gasteiger partial charge in [0.05, 0.1) is 0 Å². The van der Waals surface area contributed by atoms with Crippen LogP contribution >= 0.6 is 0 Å². The Kier molecular flexibility index (Phi) is 2.68. The maximum Gasteiger partial charge on any atom is 0.296 e. The lowest BCUT2D eigenvalue weighted by atomic mass is 10.3. The molecular formula is C6H7N3O4S. The average Bonchev–Trinajstić information content (AvgIpc) is 2.07. The predicted molar refractivity (Wildman–Crippen MR) is 46.6 cm³/mol. The molecule has 0 fully saturated rings. The van der Waals surface area contributed by atoms with E-state index < -0.39 is 26.5 Å². The monoisotopic (exact) mass is 217 g/mol. The first-order valence-corrected chi connectivity index (χ1v) is 4.81. The summed E-state index contributed by atoms with van der Waals surface area (Å²) in [6.07, 6.45) is 0. The SMILES string of the molecule is NN=Nc1c(O)cccc1S(=O)(=O)O. The zero-order valence-corrected chi connectivity index (χ0v) is 7.64. The van der Waals surface area contributed by atoms with Gasteiger partial charge in [0.1, 0.15) is 10.6 Å². The molecule has 0 unspecified atom stereocenters. The Labute approximate surface area is 79.6 Å². The summed E-state index contributed by atoms with van der Waals surface area (Å²) >= 11 is 0. The third-order valence-electron chi connectivity index (χ3n) is 1.41. The van der Waals surface area contributed by atoms with E-state index in [1.807, 2.05) is 0 Å². The Hall–Kier alpha value is -1.67. The highest BCUT2D eigenvalue weighted by Gasteiger charge is 2.18. The summed E-state index contributed by atoms with van der Waals surface area (Å²) < 4.78 is 30.3. The minimum atomic E-state index is -4.45. The molecule has 1 rings (SSSR count). The van der Waals surface area contributed by atoms with Gasteiger partial charge in [0, 0.05) is 0 Å². The highest BCUT2D eigenvalue weighted by Crippen LogP contribution is 2.33. The molecule has 0 heterocycles. The number of nitrogens with two attached hydrogens (primary N) is 1. The molecule has 76 valence electrons. The summed E-state index contributed by atoms with van der Waals surface area (Å²) in [5.74, 6) is 4.28. The lowest BCUT2D eigenvalue weighted by molar-refractivity contribution is 0.467. The minimum absolute atomic E-state index is 0.391. The molecule has 1 aromatic rings. The van der Waals surface area contributed by atoms with Gasteiger partial charge >= 0.3 is 0 Å². The lowest BCUT2D eigenvalue weighted by Crippen LogP contribution is -1.98. The van der Waals surface area contributed by atoms with Crippen molar-refractivity contribution in [3.8, 4) is 5.75 Å². The topological polar surface area (TPSA) is 125 Å². The summed E-state index contributed by atoms with van der Waals surface area (Å²) in [6.45, 7) is 0. The molecule has 1 aromatic carbocycles. The van der Waals surface area contributed by atoms with Crippen molar-refractivity contribution in [2.24, 2.45) is 16.2 Å². The van der Waals surface area contributed by atoms with E-state index in [1.165, 1.54) is 12.1 Å². The molecule has 0 atom stereocenters. The molecule has 0 spiro atoms. The van der Waals surface area contributed by atoms with Crippen LogP contribution in [0.15, 0.2) is 33.4 Å². The van der Waals surface area contributed by atoms with Crippen LogP contribution in [-0.4, -0.2) is 18.1 Å². The van der Waals surface area contributed by atoms with Gasteiger partial charge in [0.25, 0.3) is 10.1 Å². The van der Waals surface area contributed by atoms with Gasteiger partial charge in [-0.05, 0) is 12.1 Å². The molecule has 14 heavy (non-hydrogen) atoms. The van der Waals surface area contributed by atoms with Crippen molar-refractivity contribution < 1.29 is 18.1 Å². The fraction of sp³-hybridized carbons (Fsp3) is 0. The average molecular weight is 217 g/mol. The molecule has 0 saturated carbocycles. The van der Waals surface area contributed by atoms with Crippen molar-refractivity contribution in [1.29, 1.82) is 0 Å². The second-order valence-corrected chi connectivity index (χ2v) is 3.70. The number of hydrogen-bond donors (Lipinski definition) is 3. The van der Waals surface area contributed by atoms with Crippen molar-refractivity contribution in [2.45, 2.75) is 4.90 Å². The molecule has 4 N–H and O–H groups in total. The van der Waals surface area contributed by atoms with Crippen molar-refractivity contribution in [3.63, 3.8) is 0 Å². The standard InChI is InChI=1S/C6H7N3O4S/c7-9-8-6-4(10)2-1-3-5(6)14(11,12)13/h1-3,10H,(H2,7,8)(H,11,12,13). The van der Waals surface area contributed by atoms with E-state index in [0.29, 0.717) is 0 Å². The molecule has 0 aromatic heterocycles. The van der Waals surface area contributed by atoms with E-state index in [0.717, 1.165) is 6.07 Å². The number of phenolic OH excluding ortho intramolecular Hbond substituents is 1. The summed E-state index contributed by atoms with van der Waals surface area (Å²) in [7, 11) is -4.45. The largest absolute Gasteiger partial charge is 0.506 e. The Morgan fingerprint density at radius 3 is 2.50 bits per heavy atom.